The molecule has 1 rings (SSSR count). The first-order valence-electron chi connectivity index (χ1n) is 4.06. The highest BCUT2D eigenvalue weighted by atomic mass is 16.5. The summed E-state index contributed by atoms with van der Waals surface area (Å²) in [5.41, 5.74) is 0. The summed E-state index contributed by atoms with van der Waals surface area (Å²) in [4.78, 5) is 2.36. The molecule has 0 aromatic rings. The first kappa shape index (κ1) is 8.02. The standard InChI is InChI=1S/C8H17NO/c1-4-8-5-9(3)7(2)6-10-8/h7-8H,4-6H2,1-3H3. The molecule has 2 nitrogen and oxygen atoms in total. The highest BCUT2D eigenvalue weighted by Gasteiger charge is 2.21. The van der Waals surface area contributed by atoms with Crippen molar-refractivity contribution >= 4 is 0 Å². The Morgan fingerprint density at radius 1 is 1.60 bits per heavy atom. The Morgan fingerprint density at radius 3 is 2.80 bits per heavy atom. The van der Waals surface area contributed by atoms with Gasteiger partial charge in [-0.05, 0) is 20.4 Å². The van der Waals surface area contributed by atoms with Crippen molar-refractivity contribution in [2.45, 2.75) is 32.4 Å². The minimum Gasteiger partial charge on any atom is -0.375 e. The zero-order valence-corrected chi connectivity index (χ0v) is 7.13. The maximum atomic E-state index is 5.57. The van der Waals surface area contributed by atoms with Crippen LogP contribution in [0.2, 0.25) is 0 Å². The molecule has 2 unspecified atom stereocenters. The van der Waals surface area contributed by atoms with Crippen LogP contribution in [0.4, 0.5) is 0 Å². The number of ether oxygens (including phenoxy) is 1. The van der Waals surface area contributed by atoms with Crippen molar-refractivity contribution in [2.24, 2.45) is 0 Å². The third-order valence-corrected chi connectivity index (χ3v) is 2.27. The number of likely N-dealkylation sites (N-methyl/N-ethyl adjacent to an activating group) is 1. The van der Waals surface area contributed by atoms with Crippen LogP contribution in [0.1, 0.15) is 20.3 Å². The third kappa shape index (κ3) is 1.70. The maximum Gasteiger partial charge on any atom is 0.0700 e. The molecule has 0 aliphatic carbocycles. The van der Waals surface area contributed by atoms with Crippen molar-refractivity contribution in [3.8, 4) is 0 Å². The molecule has 1 saturated heterocycles. The van der Waals surface area contributed by atoms with Crippen LogP contribution in [0.5, 0.6) is 0 Å². The van der Waals surface area contributed by atoms with E-state index in [-0.39, 0.29) is 0 Å². The van der Waals surface area contributed by atoms with Gasteiger partial charge < -0.3 is 4.74 Å². The molecule has 0 saturated carbocycles. The van der Waals surface area contributed by atoms with E-state index in [0.717, 1.165) is 19.6 Å². The van der Waals surface area contributed by atoms with Crippen LogP contribution in [0.3, 0.4) is 0 Å². The van der Waals surface area contributed by atoms with E-state index >= 15 is 0 Å². The van der Waals surface area contributed by atoms with Gasteiger partial charge in [0.1, 0.15) is 0 Å². The highest BCUT2D eigenvalue weighted by Crippen LogP contribution is 2.10. The van der Waals surface area contributed by atoms with E-state index in [4.69, 9.17) is 4.74 Å². The lowest BCUT2D eigenvalue weighted by Gasteiger charge is -2.34. The Balaban J connectivity index is 2.33. The van der Waals surface area contributed by atoms with Crippen molar-refractivity contribution in [3.05, 3.63) is 0 Å². The van der Waals surface area contributed by atoms with Crippen LogP contribution < -0.4 is 0 Å². The molecule has 0 spiro atoms. The molecular formula is C8H17NO. The lowest BCUT2D eigenvalue weighted by molar-refractivity contribution is -0.0492. The molecular weight excluding hydrogens is 126 g/mol. The fourth-order valence-corrected chi connectivity index (χ4v) is 1.20. The van der Waals surface area contributed by atoms with E-state index in [1.54, 1.807) is 0 Å². The van der Waals surface area contributed by atoms with E-state index in [1.807, 2.05) is 0 Å². The predicted octanol–water partition coefficient (Wildman–Crippen LogP) is 1.12. The van der Waals surface area contributed by atoms with Gasteiger partial charge in [-0.2, -0.15) is 0 Å². The van der Waals surface area contributed by atoms with E-state index in [9.17, 15) is 0 Å². The smallest absolute Gasteiger partial charge is 0.0700 e. The molecule has 0 amide bonds. The maximum absolute atomic E-state index is 5.57. The summed E-state index contributed by atoms with van der Waals surface area (Å²) in [6.07, 6.45) is 1.61. The molecule has 0 aromatic carbocycles. The molecule has 2 atom stereocenters. The summed E-state index contributed by atoms with van der Waals surface area (Å²) in [6.45, 7) is 6.37. The topological polar surface area (TPSA) is 12.5 Å². The molecule has 0 radical (unpaired) electrons. The van der Waals surface area contributed by atoms with Crippen molar-refractivity contribution in [1.29, 1.82) is 0 Å². The van der Waals surface area contributed by atoms with Gasteiger partial charge in [0.2, 0.25) is 0 Å². The van der Waals surface area contributed by atoms with E-state index < -0.39 is 0 Å². The molecule has 2 heteroatoms. The Labute approximate surface area is 63.2 Å². The molecule has 60 valence electrons. The summed E-state index contributed by atoms with van der Waals surface area (Å²) in [5.74, 6) is 0. The molecule has 1 heterocycles. The molecule has 1 aliphatic heterocycles. The molecule has 1 fully saturated rings. The fourth-order valence-electron chi connectivity index (χ4n) is 1.20. The second-order valence-electron chi connectivity index (χ2n) is 3.15. The lowest BCUT2D eigenvalue weighted by Crippen LogP contribution is -2.45. The Bertz CT molecular complexity index is 105. The van der Waals surface area contributed by atoms with Crippen LogP contribution >= 0.6 is 0 Å². The Kier molecular flexibility index (Phi) is 2.69. The van der Waals surface area contributed by atoms with Gasteiger partial charge in [-0.3, -0.25) is 4.90 Å². The molecule has 10 heavy (non-hydrogen) atoms. The Hall–Kier alpha value is -0.0800. The van der Waals surface area contributed by atoms with Gasteiger partial charge in [0.25, 0.3) is 0 Å². The van der Waals surface area contributed by atoms with E-state index in [2.05, 4.69) is 25.8 Å². The van der Waals surface area contributed by atoms with Gasteiger partial charge in [0.15, 0.2) is 0 Å². The fraction of sp³-hybridized carbons (Fsp3) is 1.00. The molecule has 0 N–H and O–H groups in total. The normalized spacial score (nSPS) is 36.3. The minimum absolute atomic E-state index is 0.473. The quantitative estimate of drug-likeness (QED) is 0.545. The van der Waals surface area contributed by atoms with Gasteiger partial charge in [-0.1, -0.05) is 6.92 Å². The lowest BCUT2D eigenvalue weighted by atomic mass is 10.2. The first-order valence-corrected chi connectivity index (χ1v) is 4.06. The second-order valence-corrected chi connectivity index (χ2v) is 3.15. The van der Waals surface area contributed by atoms with E-state index in [0.29, 0.717) is 12.1 Å². The van der Waals surface area contributed by atoms with Crippen LogP contribution in [-0.2, 0) is 4.74 Å². The van der Waals surface area contributed by atoms with Crippen LogP contribution in [0.15, 0.2) is 0 Å². The number of nitrogens with zero attached hydrogens (tertiary/aromatic N) is 1. The van der Waals surface area contributed by atoms with Crippen LogP contribution in [-0.4, -0.2) is 37.2 Å². The van der Waals surface area contributed by atoms with Gasteiger partial charge in [-0.15, -0.1) is 0 Å². The number of hydrogen-bond acceptors (Lipinski definition) is 2. The average Bonchev–Trinajstić information content (AvgIpc) is 1.95. The summed E-state index contributed by atoms with van der Waals surface area (Å²) < 4.78 is 5.57. The summed E-state index contributed by atoms with van der Waals surface area (Å²) in [5, 5.41) is 0. The molecule has 0 bridgehead atoms. The number of hydrogen-bond donors (Lipinski definition) is 0. The third-order valence-electron chi connectivity index (χ3n) is 2.27. The van der Waals surface area contributed by atoms with Crippen molar-refractivity contribution in [3.63, 3.8) is 0 Å². The second kappa shape index (κ2) is 3.35. The summed E-state index contributed by atoms with van der Waals surface area (Å²) in [7, 11) is 2.16. The molecule has 1 aliphatic rings. The zero-order valence-electron chi connectivity index (χ0n) is 7.13. The van der Waals surface area contributed by atoms with Gasteiger partial charge in [-0.25, -0.2) is 0 Å². The summed E-state index contributed by atoms with van der Waals surface area (Å²) in [6, 6.07) is 0.600. The van der Waals surface area contributed by atoms with Crippen LogP contribution in [0.25, 0.3) is 0 Å². The predicted molar refractivity (Wildman–Crippen MR) is 42.1 cm³/mol. The zero-order chi connectivity index (χ0) is 7.56. The number of rotatable bonds is 1. The van der Waals surface area contributed by atoms with Gasteiger partial charge in [0, 0.05) is 12.6 Å². The SMILES string of the molecule is CCC1CN(C)C(C)CO1. The van der Waals surface area contributed by atoms with Gasteiger partial charge >= 0.3 is 0 Å². The number of morpholine rings is 1. The van der Waals surface area contributed by atoms with Crippen molar-refractivity contribution in [1.82, 2.24) is 4.90 Å². The monoisotopic (exact) mass is 143 g/mol. The Morgan fingerprint density at radius 2 is 2.30 bits per heavy atom. The average molecular weight is 143 g/mol. The van der Waals surface area contributed by atoms with E-state index in [1.165, 1.54) is 0 Å². The van der Waals surface area contributed by atoms with Crippen molar-refractivity contribution < 1.29 is 4.74 Å². The highest BCUT2D eigenvalue weighted by molar-refractivity contribution is 4.73. The van der Waals surface area contributed by atoms with Gasteiger partial charge in [0.05, 0.1) is 12.7 Å². The van der Waals surface area contributed by atoms with Crippen molar-refractivity contribution in [2.75, 3.05) is 20.2 Å². The summed E-state index contributed by atoms with van der Waals surface area (Å²) >= 11 is 0. The minimum atomic E-state index is 0.473. The largest absolute Gasteiger partial charge is 0.375 e. The van der Waals surface area contributed by atoms with Crippen LogP contribution in [0, 0.1) is 0 Å². The first-order chi connectivity index (χ1) is 4.74. The molecule has 0 aromatic heterocycles.